The van der Waals surface area contributed by atoms with Crippen LogP contribution < -0.4 is 28.4 Å². The summed E-state index contributed by atoms with van der Waals surface area (Å²) in [6.07, 6.45) is 2.20. The van der Waals surface area contributed by atoms with Gasteiger partial charge in [-0.2, -0.15) is 23.5 Å². The Balaban J connectivity index is 1.53. The number of benzene rings is 2. The number of ether oxygens (including phenoxy) is 8. The number of aliphatic carboxylic acids is 2. The zero-order valence-corrected chi connectivity index (χ0v) is 40.4. The first-order valence-corrected chi connectivity index (χ1v) is 26.0. The van der Waals surface area contributed by atoms with E-state index in [1.807, 2.05) is 47.0 Å². The smallest absolute Gasteiger partial charge is 0.334 e. The molecule has 2 unspecified atom stereocenters. The van der Waals surface area contributed by atoms with Crippen LogP contribution in [0.5, 0.6) is 34.5 Å². The Hall–Kier alpha value is -3.30. The molecular weight excluding hydrogens is 921 g/mol. The van der Waals surface area contributed by atoms with Gasteiger partial charge in [0.15, 0.2) is 23.0 Å². The molecule has 2 atom stereocenters. The minimum absolute atomic E-state index is 0.0424. The van der Waals surface area contributed by atoms with Crippen molar-refractivity contribution in [3.05, 3.63) is 47.6 Å². The molecule has 62 heavy (non-hydrogen) atoms. The quantitative estimate of drug-likeness (QED) is 0.0500. The van der Waals surface area contributed by atoms with Gasteiger partial charge in [0.25, 0.3) is 0 Å². The third-order valence-electron chi connectivity index (χ3n) is 8.94. The summed E-state index contributed by atoms with van der Waals surface area (Å²) in [5.74, 6) is 4.99. The molecule has 20 heteroatoms. The SMILES string of the molecule is COc1cc(-c2cc(OC)c(OCC(CSCCC3SCCS3)OC(=O)C(C)=CC(=O)O)c(OC)c2)cc(OC)c1OCC(CSCCC1SCCS1)OC(=O)C(C)=CC(=O)O. The Bertz CT molecular complexity index is 1700. The van der Waals surface area contributed by atoms with E-state index in [1.165, 1.54) is 42.3 Å². The lowest BCUT2D eigenvalue weighted by molar-refractivity contribution is -0.145. The lowest BCUT2D eigenvalue weighted by Gasteiger charge is -2.22. The molecule has 2 aliphatic rings. The fraction of sp³-hybridized carbons (Fsp3) is 0.524. The largest absolute Gasteiger partial charge is 0.493 e. The lowest BCUT2D eigenvalue weighted by atomic mass is 10.0. The molecule has 2 aliphatic heterocycles. The predicted molar refractivity (Wildman–Crippen MR) is 253 cm³/mol. The molecule has 2 heterocycles. The summed E-state index contributed by atoms with van der Waals surface area (Å²) >= 11 is 11.1. The summed E-state index contributed by atoms with van der Waals surface area (Å²) in [6.45, 7) is 2.66. The van der Waals surface area contributed by atoms with E-state index in [0.717, 1.165) is 59.5 Å². The number of carbonyl (C=O) groups excluding carboxylic acids is 2. The van der Waals surface area contributed by atoms with Crippen LogP contribution in [-0.2, 0) is 28.7 Å². The van der Waals surface area contributed by atoms with Crippen LogP contribution in [-0.4, -0.2) is 143 Å². The van der Waals surface area contributed by atoms with Gasteiger partial charge in [-0.1, -0.05) is 0 Å². The highest BCUT2D eigenvalue weighted by atomic mass is 32.2. The van der Waals surface area contributed by atoms with Gasteiger partial charge in [-0.25, -0.2) is 19.2 Å². The molecule has 2 saturated heterocycles. The van der Waals surface area contributed by atoms with E-state index in [4.69, 9.17) is 48.1 Å². The molecular formula is C42H54O14S6. The monoisotopic (exact) mass is 974 g/mol. The minimum atomic E-state index is -1.25. The van der Waals surface area contributed by atoms with E-state index in [-0.39, 0.29) is 35.9 Å². The molecule has 342 valence electrons. The third kappa shape index (κ3) is 16.7. The molecule has 0 aromatic heterocycles. The van der Waals surface area contributed by atoms with E-state index in [0.29, 0.717) is 54.8 Å². The number of methoxy groups -OCH3 is 4. The summed E-state index contributed by atoms with van der Waals surface area (Å²) in [6, 6.07) is 7.01. The second kappa shape index (κ2) is 27.1. The van der Waals surface area contributed by atoms with Crippen molar-refractivity contribution in [1.82, 2.24) is 0 Å². The summed E-state index contributed by atoms with van der Waals surface area (Å²) in [5.41, 5.74) is 1.21. The maximum atomic E-state index is 12.8. The minimum Gasteiger partial charge on any atom is -0.493 e. The first-order chi connectivity index (χ1) is 29.8. The zero-order chi connectivity index (χ0) is 45.0. The first-order valence-electron chi connectivity index (χ1n) is 19.5. The number of esters is 2. The van der Waals surface area contributed by atoms with Gasteiger partial charge in [-0.05, 0) is 73.6 Å². The Morgan fingerprint density at radius 1 is 0.613 bits per heavy atom. The van der Waals surface area contributed by atoms with Crippen LogP contribution in [0.3, 0.4) is 0 Å². The van der Waals surface area contributed by atoms with Gasteiger partial charge in [0.1, 0.15) is 25.4 Å². The zero-order valence-electron chi connectivity index (χ0n) is 35.5. The van der Waals surface area contributed by atoms with Crippen molar-refractivity contribution in [2.24, 2.45) is 0 Å². The summed E-state index contributed by atoms with van der Waals surface area (Å²) in [7, 11) is 5.96. The highest BCUT2D eigenvalue weighted by Crippen LogP contribution is 2.46. The number of carboxylic acid groups (broad SMARTS) is 2. The Labute approximate surface area is 388 Å². The maximum Gasteiger partial charge on any atom is 0.334 e. The highest BCUT2D eigenvalue weighted by molar-refractivity contribution is 8.20. The van der Waals surface area contributed by atoms with Crippen molar-refractivity contribution in [2.75, 3.05) is 87.7 Å². The van der Waals surface area contributed by atoms with Gasteiger partial charge in [0, 0.05) is 57.8 Å². The Kier molecular flexibility index (Phi) is 22.5. The fourth-order valence-electron chi connectivity index (χ4n) is 5.88. The van der Waals surface area contributed by atoms with Gasteiger partial charge >= 0.3 is 23.9 Å². The van der Waals surface area contributed by atoms with Crippen LogP contribution in [0.2, 0.25) is 0 Å². The van der Waals surface area contributed by atoms with E-state index < -0.39 is 36.1 Å². The Morgan fingerprint density at radius 2 is 0.935 bits per heavy atom. The van der Waals surface area contributed by atoms with Gasteiger partial charge in [-0.15, -0.1) is 47.0 Å². The molecule has 0 bridgehead atoms. The van der Waals surface area contributed by atoms with Crippen LogP contribution in [0.4, 0.5) is 0 Å². The standard InChI is InChI=1S/C42H54O14S6/c1-25(15-35(43)44)41(47)55-29(23-57-9-7-37-59-11-12-60-37)21-53-39-31(49-3)17-27(18-32(39)50-4)28-19-33(51-5)40(34(20-28)52-6)54-22-30(56-42(48)26(2)16-36(45)46)24-58-10-8-38-61-13-14-62-38/h15-20,29-30,37-38H,7-14,21-24H2,1-6H3,(H,43,44)(H,45,46). The van der Waals surface area contributed by atoms with Crippen molar-refractivity contribution in [3.63, 3.8) is 0 Å². The number of hydrogen-bond donors (Lipinski definition) is 2. The van der Waals surface area contributed by atoms with Crippen LogP contribution in [0, 0.1) is 0 Å². The second-order valence-corrected chi connectivity index (χ2v) is 21.6. The van der Waals surface area contributed by atoms with Crippen molar-refractivity contribution < 1.29 is 67.3 Å². The number of rotatable bonds is 27. The second-order valence-electron chi connectivity index (χ2n) is 13.5. The van der Waals surface area contributed by atoms with Crippen LogP contribution in [0.25, 0.3) is 11.1 Å². The molecule has 14 nitrogen and oxygen atoms in total. The molecule has 2 N–H and O–H groups in total. The highest BCUT2D eigenvalue weighted by Gasteiger charge is 2.25. The molecule has 0 radical (unpaired) electrons. The maximum absolute atomic E-state index is 12.8. The summed E-state index contributed by atoms with van der Waals surface area (Å²) < 4.78 is 48.2. The number of hydrogen-bond acceptors (Lipinski definition) is 18. The molecule has 0 amide bonds. The van der Waals surface area contributed by atoms with E-state index >= 15 is 0 Å². The van der Waals surface area contributed by atoms with Crippen molar-refractivity contribution >= 4 is 94.4 Å². The van der Waals surface area contributed by atoms with Gasteiger partial charge in [-0.3, -0.25) is 0 Å². The molecule has 0 aliphatic carbocycles. The topological polar surface area (TPSA) is 183 Å². The Morgan fingerprint density at radius 3 is 1.23 bits per heavy atom. The summed E-state index contributed by atoms with van der Waals surface area (Å²) in [5, 5.41) is 18.3. The van der Waals surface area contributed by atoms with Crippen LogP contribution in [0.15, 0.2) is 47.6 Å². The van der Waals surface area contributed by atoms with E-state index in [1.54, 1.807) is 47.8 Å². The average Bonchev–Trinajstić information content (AvgIpc) is 3.98. The van der Waals surface area contributed by atoms with Crippen LogP contribution in [0.1, 0.15) is 26.7 Å². The molecule has 0 spiro atoms. The number of thioether (sulfide) groups is 6. The first kappa shape index (κ1) is 51.3. The van der Waals surface area contributed by atoms with Gasteiger partial charge in [0.2, 0.25) is 11.5 Å². The number of carbonyl (C=O) groups is 4. The average molecular weight is 975 g/mol. The predicted octanol–water partition coefficient (Wildman–Crippen LogP) is 7.89. The van der Waals surface area contributed by atoms with Crippen LogP contribution >= 0.6 is 70.6 Å². The fourth-order valence-corrected chi connectivity index (χ4v) is 14.1. The van der Waals surface area contributed by atoms with Crippen molar-refractivity contribution in [2.45, 2.75) is 48.1 Å². The van der Waals surface area contributed by atoms with Crippen molar-refractivity contribution in [1.29, 1.82) is 0 Å². The lowest BCUT2D eigenvalue weighted by Crippen LogP contribution is -2.28. The molecule has 0 saturated carbocycles. The van der Waals surface area contributed by atoms with Gasteiger partial charge < -0.3 is 48.1 Å². The normalized spacial score (nSPS) is 15.7. The van der Waals surface area contributed by atoms with Crippen molar-refractivity contribution in [3.8, 4) is 45.6 Å². The molecule has 2 aromatic carbocycles. The van der Waals surface area contributed by atoms with Gasteiger partial charge in [0.05, 0.1) is 37.6 Å². The molecule has 4 rings (SSSR count). The van der Waals surface area contributed by atoms with E-state index in [2.05, 4.69) is 0 Å². The third-order valence-corrected chi connectivity index (χ3v) is 17.5. The summed E-state index contributed by atoms with van der Waals surface area (Å²) in [4.78, 5) is 48.1. The molecule has 2 aromatic rings. The number of carboxylic acids is 2. The van der Waals surface area contributed by atoms with E-state index in [9.17, 15) is 19.2 Å². The molecule has 2 fully saturated rings.